The van der Waals surface area contributed by atoms with Crippen molar-refractivity contribution in [1.29, 1.82) is 0 Å². The van der Waals surface area contributed by atoms with E-state index in [1.807, 2.05) is 0 Å². The van der Waals surface area contributed by atoms with Crippen LogP contribution in [0.5, 0.6) is 0 Å². The van der Waals surface area contributed by atoms with E-state index in [9.17, 15) is 10.1 Å². The molecule has 1 aromatic carbocycles. The Labute approximate surface area is 125 Å². The molecule has 0 unspecified atom stereocenters. The van der Waals surface area contributed by atoms with E-state index in [1.54, 1.807) is 24.3 Å². The Hall–Kier alpha value is -1.96. The van der Waals surface area contributed by atoms with Gasteiger partial charge in [0.15, 0.2) is 0 Å². The highest BCUT2D eigenvalue weighted by Gasteiger charge is 2.23. The molecule has 0 fully saturated rings. The molecule has 0 atom stereocenters. The summed E-state index contributed by atoms with van der Waals surface area (Å²) in [5.74, 6) is 0. The Morgan fingerprint density at radius 1 is 1.38 bits per heavy atom. The van der Waals surface area contributed by atoms with Gasteiger partial charge in [-0.15, -0.1) is 0 Å². The molecular formula is C13H14ClN3O4. The third-order valence-electron chi connectivity index (χ3n) is 2.79. The maximum absolute atomic E-state index is 11.2. The molecule has 2 rings (SSSR count). The van der Waals surface area contributed by atoms with Gasteiger partial charge in [0, 0.05) is 11.9 Å². The second kappa shape index (κ2) is 7.16. The third-order valence-corrected chi connectivity index (χ3v) is 3.05. The Morgan fingerprint density at radius 3 is 2.86 bits per heavy atom. The number of ether oxygens (including phenoxy) is 1. The van der Waals surface area contributed by atoms with Crippen LogP contribution in [0.25, 0.3) is 10.9 Å². The monoisotopic (exact) mass is 311 g/mol. The van der Waals surface area contributed by atoms with Crippen LogP contribution in [-0.4, -0.2) is 41.4 Å². The number of halogens is 1. The fraction of sp³-hybridized carbons (Fsp3) is 0.308. The number of nitrogens with zero attached hydrogens (tertiary/aromatic N) is 2. The molecule has 112 valence electrons. The van der Waals surface area contributed by atoms with Crippen LogP contribution >= 0.6 is 11.6 Å². The van der Waals surface area contributed by atoms with Crippen molar-refractivity contribution in [3.05, 3.63) is 39.5 Å². The lowest BCUT2D eigenvalue weighted by Crippen LogP contribution is -2.13. The minimum absolute atomic E-state index is 0.0653. The molecule has 0 amide bonds. The van der Waals surface area contributed by atoms with Crippen molar-refractivity contribution in [2.75, 3.05) is 31.7 Å². The van der Waals surface area contributed by atoms with Gasteiger partial charge in [-0.25, -0.2) is 4.98 Å². The molecule has 0 aliphatic rings. The van der Waals surface area contributed by atoms with Gasteiger partial charge in [-0.05, 0) is 6.07 Å². The zero-order valence-corrected chi connectivity index (χ0v) is 11.8. The van der Waals surface area contributed by atoms with E-state index in [4.69, 9.17) is 21.4 Å². The fourth-order valence-electron chi connectivity index (χ4n) is 1.93. The molecule has 1 heterocycles. The van der Waals surface area contributed by atoms with Crippen LogP contribution < -0.4 is 5.32 Å². The number of rotatable bonds is 7. The highest BCUT2D eigenvalue weighted by molar-refractivity contribution is 6.33. The summed E-state index contributed by atoms with van der Waals surface area (Å²) in [6.07, 6.45) is 0. The molecule has 2 aromatic rings. The molecule has 0 aliphatic carbocycles. The van der Waals surface area contributed by atoms with Crippen LogP contribution in [0.3, 0.4) is 0 Å². The highest BCUT2D eigenvalue weighted by atomic mass is 35.5. The van der Waals surface area contributed by atoms with Crippen LogP contribution in [-0.2, 0) is 4.74 Å². The van der Waals surface area contributed by atoms with Crippen LogP contribution in [0.4, 0.5) is 11.4 Å². The van der Waals surface area contributed by atoms with E-state index < -0.39 is 4.92 Å². The van der Waals surface area contributed by atoms with Gasteiger partial charge in [0.05, 0.1) is 30.3 Å². The quantitative estimate of drug-likeness (QED) is 0.352. The lowest BCUT2D eigenvalue weighted by atomic mass is 10.1. The number of fused-ring (bicyclic) bond motifs is 1. The van der Waals surface area contributed by atoms with Crippen molar-refractivity contribution >= 4 is 33.9 Å². The summed E-state index contributed by atoms with van der Waals surface area (Å²) in [5.41, 5.74) is 0.646. The number of hydrogen-bond donors (Lipinski definition) is 2. The van der Waals surface area contributed by atoms with Crippen molar-refractivity contribution in [2.24, 2.45) is 0 Å². The summed E-state index contributed by atoms with van der Waals surface area (Å²) >= 11 is 5.91. The molecule has 0 bridgehead atoms. The number of anilines is 1. The molecule has 0 radical (unpaired) electrons. The average Bonchev–Trinajstić information content (AvgIpc) is 2.46. The van der Waals surface area contributed by atoms with Gasteiger partial charge in [-0.1, -0.05) is 29.8 Å². The van der Waals surface area contributed by atoms with Crippen molar-refractivity contribution in [3.63, 3.8) is 0 Å². The smallest absolute Gasteiger partial charge is 0.329 e. The first-order valence-electron chi connectivity index (χ1n) is 6.30. The van der Waals surface area contributed by atoms with Crippen molar-refractivity contribution in [3.8, 4) is 0 Å². The molecule has 0 saturated carbocycles. The summed E-state index contributed by atoms with van der Waals surface area (Å²) in [5, 5.41) is 23.2. The van der Waals surface area contributed by atoms with Crippen LogP contribution in [0.1, 0.15) is 0 Å². The second-order valence-electron chi connectivity index (χ2n) is 4.16. The standard InChI is InChI=1S/C13H14ClN3O4/c14-13-12(17(19)20)11(15-5-7-21-8-6-18)9-3-1-2-4-10(9)16-13/h1-4,18H,5-8H2,(H,15,16). The first-order chi connectivity index (χ1) is 10.1. The number of pyridine rings is 1. The predicted octanol–water partition coefficient (Wildman–Crippen LogP) is 2.22. The molecule has 0 spiro atoms. The Morgan fingerprint density at radius 2 is 2.14 bits per heavy atom. The number of nitro groups is 1. The molecule has 8 heteroatoms. The Kier molecular flexibility index (Phi) is 5.26. The first-order valence-corrected chi connectivity index (χ1v) is 6.68. The topological polar surface area (TPSA) is 97.5 Å². The van der Waals surface area contributed by atoms with Gasteiger partial charge >= 0.3 is 5.69 Å². The number of benzene rings is 1. The van der Waals surface area contributed by atoms with Crippen LogP contribution in [0.2, 0.25) is 5.15 Å². The maximum atomic E-state index is 11.2. The number of aliphatic hydroxyl groups is 1. The minimum Gasteiger partial charge on any atom is -0.394 e. The number of aliphatic hydroxyl groups excluding tert-OH is 1. The van der Waals surface area contributed by atoms with Gasteiger partial charge in [-0.2, -0.15) is 0 Å². The average molecular weight is 312 g/mol. The zero-order valence-electron chi connectivity index (χ0n) is 11.1. The summed E-state index contributed by atoms with van der Waals surface area (Å²) in [6.45, 7) is 0.822. The van der Waals surface area contributed by atoms with E-state index in [0.29, 0.717) is 29.7 Å². The lowest BCUT2D eigenvalue weighted by molar-refractivity contribution is -0.384. The largest absolute Gasteiger partial charge is 0.394 e. The minimum atomic E-state index is -0.557. The van der Waals surface area contributed by atoms with Crippen molar-refractivity contribution in [1.82, 2.24) is 4.98 Å². The predicted molar refractivity (Wildman–Crippen MR) is 79.8 cm³/mol. The van der Waals surface area contributed by atoms with Gasteiger partial charge in [0.1, 0.15) is 5.69 Å². The molecule has 0 aliphatic heterocycles. The second-order valence-corrected chi connectivity index (χ2v) is 4.52. The summed E-state index contributed by atoms with van der Waals surface area (Å²) in [6, 6.07) is 7.03. The zero-order chi connectivity index (χ0) is 15.2. The Bertz CT molecular complexity index is 651. The summed E-state index contributed by atoms with van der Waals surface area (Å²) in [4.78, 5) is 14.7. The summed E-state index contributed by atoms with van der Waals surface area (Å²) < 4.78 is 5.12. The van der Waals surface area contributed by atoms with Gasteiger partial charge < -0.3 is 15.2 Å². The Balaban J connectivity index is 2.33. The molecule has 21 heavy (non-hydrogen) atoms. The van der Waals surface area contributed by atoms with Gasteiger partial charge in [-0.3, -0.25) is 10.1 Å². The maximum Gasteiger partial charge on any atom is 0.329 e. The van der Waals surface area contributed by atoms with Crippen molar-refractivity contribution < 1.29 is 14.8 Å². The normalized spacial score (nSPS) is 10.8. The number of aromatic nitrogens is 1. The number of hydrogen-bond acceptors (Lipinski definition) is 6. The van der Waals surface area contributed by atoms with Crippen LogP contribution in [0, 0.1) is 10.1 Å². The third kappa shape index (κ3) is 3.57. The summed E-state index contributed by atoms with van der Waals surface area (Å²) in [7, 11) is 0. The number of para-hydroxylation sites is 1. The SMILES string of the molecule is O=[N+]([O-])c1c(Cl)nc2ccccc2c1NCCOCCO. The number of nitrogens with one attached hydrogen (secondary N) is 1. The van der Waals surface area contributed by atoms with E-state index in [2.05, 4.69) is 10.3 Å². The lowest BCUT2D eigenvalue weighted by Gasteiger charge is -2.11. The van der Waals surface area contributed by atoms with Crippen molar-refractivity contribution in [2.45, 2.75) is 0 Å². The van der Waals surface area contributed by atoms with Crippen LogP contribution in [0.15, 0.2) is 24.3 Å². The molecular weight excluding hydrogens is 298 g/mol. The first kappa shape index (κ1) is 15.4. The van der Waals surface area contributed by atoms with Gasteiger partial charge in [0.25, 0.3) is 0 Å². The van der Waals surface area contributed by atoms with E-state index in [1.165, 1.54) is 0 Å². The van der Waals surface area contributed by atoms with E-state index in [-0.39, 0.29) is 24.1 Å². The van der Waals surface area contributed by atoms with Gasteiger partial charge in [0.2, 0.25) is 5.15 Å². The fourth-order valence-corrected chi connectivity index (χ4v) is 2.19. The molecule has 2 N–H and O–H groups in total. The molecule has 0 saturated heterocycles. The van der Waals surface area contributed by atoms with E-state index >= 15 is 0 Å². The molecule has 1 aromatic heterocycles. The molecule has 7 nitrogen and oxygen atoms in total. The van der Waals surface area contributed by atoms with E-state index in [0.717, 1.165) is 0 Å². The highest BCUT2D eigenvalue weighted by Crippen LogP contribution is 2.36.